The monoisotopic (exact) mass is 399 g/mol. The maximum Gasteiger partial charge on any atom is 0.353 e. The second-order valence-corrected chi connectivity index (χ2v) is 6.17. The van der Waals surface area contributed by atoms with Gasteiger partial charge in [-0.2, -0.15) is 0 Å². The van der Waals surface area contributed by atoms with Gasteiger partial charge >= 0.3 is 5.69 Å². The van der Waals surface area contributed by atoms with Gasteiger partial charge in [-0.1, -0.05) is 40.2 Å². The van der Waals surface area contributed by atoms with Crippen molar-refractivity contribution in [1.82, 2.24) is 9.97 Å². The maximum atomic E-state index is 11.6. The van der Waals surface area contributed by atoms with Crippen molar-refractivity contribution in [3.8, 4) is 0 Å². The molecule has 3 rings (SSSR count). The molecule has 0 spiro atoms. The molecule has 0 saturated carbocycles. The smallest absolute Gasteiger partial charge is 0.334 e. The normalized spacial score (nSPS) is 10.3. The number of nitrogens with zero attached hydrogens (tertiary/aromatic N) is 3. The molecule has 0 fully saturated rings. The average Bonchev–Trinajstić information content (AvgIpc) is 2.57. The zero-order chi connectivity index (χ0) is 17.8. The van der Waals surface area contributed by atoms with Crippen LogP contribution in [-0.4, -0.2) is 14.9 Å². The first-order valence-electron chi connectivity index (χ1n) is 7.39. The molecule has 126 valence electrons. The molecular formula is C17H14BrN5O2. The Hall–Kier alpha value is -3.00. The van der Waals surface area contributed by atoms with Crippen LogP contribution in [0.2, 0.25) is 0 Å². The lowest BCUT2D eigenvalue weighted by atomic mass is 10.2. The second kappa shape index (κ2) is 7.27. The first kappa shape index (κ1) is 16.8. The van der Waals surface area contributed by atoms with E-state index in [1.165, 1.54) is 6.33 Å². The fourth-order valence-electron chi connectivity index (χ4n) is 2.28. The van der Waals surface area contributed by atoms with Gasteiger partial charge in [0.1, 0.15) is 6.33 Å². The summed E-state index contributed by atoms with van der Waals surface area (Å²) in [6, 6.07) is 14.8. The van der Waals surface area contributed by atoms with E-state index in [-0.39, 0.29) is 17.3 Å². The molecule has 0 radical (unpaired) electrons. The predicted molar refractivity (Wildman–Crippen MR) is 101 cm³/mol. The van der Waals surface area contributed by atoms with Crippen molar-refractivity contribution in [3.05, 3.63) is 75.0 Å². The lowest BCUT2D eigenvalue weighted by Crippen LogP contribution is -2.06. The Balaban J connectivity index is 2.00. The third-order valence-electron chi connectivity index (χ3n) is 3.49. The Labute approximate surface area is 152 Å². The summed E-state index contributed by atoms with van der Waals surface area (Å²) in [4.78, 5) is 19.2. The molecule has 3 aromatic rings. The van der Waals surface area contributed by atoms with Crippen LogP contribution in [0, 0.1) is 17.0 Å². The van der Waals surface area contributed by atoms with Gasteiger partial charge in [0, 0.05) is 15.8 Å². The third kappa shape index (κ3) is 3.92. The minimum atomic E-state index is -0.499. The van der Waals surface area contributed by atoms with Crippen LogP contribution in [-0.2, 0) is 0 Å². The summed E-state index contributed by atoms with van der Waals surface area (Å²) >= 11 is 3.37. The van der Waals surface area contributed by atoms with Crippen LogP contribution >= 0.6 is 15.9 Å². The number of halogens is 1. The Kier molecular flexibility index (Phi) is 4.90. The van der Waals surface area contributed by atoms with Gasteiger partial charge < -0.3 is 10.6 Å². The second-order valence-electron chi connectivity index (χ2n) is 5.25. The van der Waals surface area contributed by atoms with Crippen LogP contribution in [0.3, 0.4) is 0 Å². The molecule has 0 aliphatic rings. The minimum absolute atomic E-state index is 0.120. The highest BCUT2D eigenvalue weighted by molar-refractivity contribution is 9.10. The summed E-state index contributed by atoms with van der Waals surface area (Å²) in [6.07, 6.45) is 1.29. The van der Waals surface area contributed by atoms with Gasteiger partial charge in [0.15, 0.2) is 0 Å². The number of aromatic nitrogens is 2. The van der Waals surface area contributed by atoms with Gasteiger partial charge in [0.2, 0.25) is 11.6 Å². The molecule has 0 bridgehead atoms. The van der Waals surface area contributed by atoms with E-state index >= 15 is 0 Å². The lowest BCUT2D eigenvalue weighted by molar-refractivity contribution is -0.383. The molecule has 2 N–H and O–H groups in total. The van der Waals surface area contributed by atoms with Crippen molar-refractivity contribution < 1.29 is 4.92 Å². The van der Waals surface area contributed by atoms with E-state index in [9.17, 15) is 10.1 Å². The first-order chi connectivity index (χ1) is 12.0. The number of nitrogens with one attached hydrogen (secondary N) is 2. The summed E-state index contributed by atoms with van der Waals surface area (Å²) in [7, 11) is 0. The fourth-order valence-corrected chi connectivity index (χ4v) is 2.68. The van der Waals surface area contributed by atoms with Gasteiger partial charge in [-0.05, 0) is 36.8 Å². The molecule has 0 atom stereocenters. The Morgan fingerprint density at radius 3 is 2.44 bits per heavy atom. The van der Waals surface area contributed by atoms with Gasteiger partial charge in [0.05, 0.1) is 4.92 Å². The number of nitro groups is 1. The highest BCUT2D eigenvalue weighted by atomic mass is 79.9. The van der Waals surface area contributed by atoms with Crippen LogP contribution in [0.15, 0.2) is 59.3 Å². The number of benzene rings is 2. The van der Waals surface area contributed by atoms with E-state index in [4.69, 9.17) is 0 Å². The molecule has 0 saturated heterocycles. The summed E-state index contributed by atoms with van der Waals surface area (Å²) in [6.45, 7) is 1.91. The number of hydrogen-bond acceptors (Lipinski definition) is 6. The van der Waals surface area contributed by atoms with Crippen LogP contribution in [0.5, 0.6) is 0 Å². The summed E-state index contributed by atoms with van der Waals surface area (Å²) in [5.74, 6) is 0.251. The molecule has 0 aliphatic carbocycles. The largest absolute Gasteiger partial charge is 0.353 e. The third-order valence-corrected chi connectivity index (χ3v) is 3.98. The number of aryl methyl sites for hydroxylation is 1. The fraction of sp³-hybridized carbons (Fsp3) is 0.0588. The van der Waals surface area contributed by atoms with Gasteiger partial charge in [-0.3, -0.25) is 10.1 Å². The quantitative estimate of drug-likeness (QED) is 0.465. The summed E-state index contributed by atoms with van der Waals surface area (Å²) in [5, 5.41) is 17.6. The van der Waals surface area contributed by atoms with E-state index in [2.05, 4.69) is 36.5 Å². The van der Waals surface area contributed by atoms with Crippen LogP contribution in [0.25, 0.3) is 0 Å². The zero-order valence-electron chi connectivity index (χ0n) is 13.2. The highest BCUT2D eigenvalue weighted by Crippen LogP contribution is 2.33. The predicted octanol–water partition coefficient (Wildman–Crippen LogP) is 4.94. The van der Waals surface area contributed by atoms with Crippen molar-refractivity contribution in [2.24, 2.45) is 0 Å². The molecule has 0 amide bonds. The van der Waals surface area contributed by atoms with Crippen molar-refractivity contribution in [1.29, 1.82) is 0 Å². The molecule has 0 unspecified atom stereocenters. The van der Waals surface area contributed by atoms with E-state index in [0.29, 0.717) is 5.69 Å². The number of hydrogen-bond donors (Lipinski definition) is 2. The standard InChI is InChI=1S/C17H14BrN5O2/c1-11-5-2-3-8-14(11)22-17-15(23(24)25)16(19-10-20-17)21-13-7-4-6-12(18)9-13/h2-10H,1H3,(H2,19,20,21,22). The number of rotatable bonds is 5. The Morgan fingerprint density at radius 1 is 1.04 bits per heavy atom. The Morgan fingerprint density at radius 2 is 1.76 bits per heavy atom. The molecule has 8 heteroatoms. The van der Waals surface area contributed by atoms with Gasteiger partial charge in [-0.15, -0.1) is 0 Å². The van der Waals surface area contributed by atoms with Crippen molar-refractivity contribution in [2.45, 2.75) is 6.92 Å². The molecule has 1 heterocycles. The molecule has 25 heavy (non-hydrogen) atoms. The van der Waals surface area contributed by atoms with E-state index < -0.39 is 4.92 Å². The Bertz CT molecular complexity index is 932. The van der Waals surface area contributed by atoms with Crippen LogP contribution < -0.4 is 10.6 Å². The van der Waals surface area contributed by atoms with Gasteiger partial charge in [-0.25, -0.2) is 9.97 Å². The SMILES string of the molecule is Cc1ccccc1Nc1ncnc(Nc2cccc(Br)c2)c1[N+](=O)[O-]. The van der Waals surface area contributed by atoms with Crippen molar-refractivity contribution in [3.63, 3.8) is 0 Å². The number of anilines is 4. The summed E-state index contributed by atoms with van der Waals surface area (Å²) in [5.41, 5.74) is 2.17. The topological polar surface area (TPSA) is 93.0 Å². The maximum absolute atomic E-state index is 11.6. The van der Waals surface area contributed by atoms with Crippen molar-refractivity contribution >= 4 is 44.6 Å². The minimum Gasteiger partial charge on any atom is -0.334 e. The zero-order valence-corrected chi connectivity index (χ0v) is 14.8. The first-order valence-corrected chi connectivity index (χ1v) is 8.18. The lowest BCUT2D eigenvalue weighted by Gasteiger charge is -2.11. The van der Waals surface area contributed by atoms with E-state index in [0.717, 1.165) is 15.7 Å². The summed E-state index contributed by atoms with van der Waals surface area (Å²) < 4.78 is 0.854. The average molecular weight is 400 g/mol. The molecular weight excluding hydrogens is 386 g/mol. The molecule has 7 nitrogen and oxygen atoms in total. The van der Waals surface area contributed by atoms with Crippen molar-refractivity contribution in [2.75, 3.05) is 10.6 Å². The molecule has 0 aliphatic heterocycles. The highest BCUT2D eigenvalue weighted by Gasteiger charge is 2.23. The van der Waals surface area contributed by atoms with E-state index in [1.54, 1.807) is 12.1 Å². The molecule has 2 aromatic carbocycles. The molecule has 1 aromatic heterocycles. The van der Waals surface area contributed by atoms with E-state index in [1.807, 2.05) is 43.3 Å². The van der Waals surface area contributed by atoms with Crippen LogP contribution in [0.1, 0.15) is 5.56 Å². The number of para-hydroxylation sites is 1. The van der Waals surface area contributed by atoms with Gasteiger partial charge in [0.25, 0.3) is 0 Å². The van der Waals surface area contributed by atoms with Crippen LogP contribution in [0.4, 0.5) is 28.7 Å².